The van der Waals surface area contributed by atoms with Crippen molar-refractivity contribution >= 4 is 22.4 Å². The summed E-state index contributed by atoms with van der Waals surface area (Å²) >= 11 is 1.44. The molecular weight excluding hydrogens is 324 g/mol. The van der Waals surface area contributed by atoms with Gasteiger partial charge < -0.3 is 5.32 Å². The molecule has 0 spiro atoms. The number of nitrogens with one attached hydrogen (secondary N) is 1. The molecule has 1 fully saturated rings. The minimum atomic E-state index is -0.157. The molecule has 7 nitrogen and oxygen atoms in total. The number of likely N-dealkylation sites (tertiary alicyclic amines) is 1. The zero-order chi connectivity index (χ0) is 17.1. The highest BCUT2D eigenvalue weighted by molar-refractivity contribution is 7.13. The largest absolute Gasteiger partial charge is 0.301 e. The third-order valence-corrected chi connectivity index (χ3v) is 5.22. The van der Waals surface area contributed by atoms with Crippen molar-refractivity contribution in [2.75, 3.05) is 18.4 Å². The van der Waals surface area contributed by atoms with Crippen LogP contribution < -0.4 is 5.32 Å². The molecule has 1 aliphatic rings. The van der Waals surface area contributed by atoms with E-state index < -0.39 is 0 Å². The Morgan fingerprint density at radius 2 is 2.33 bits per heavy atom. The Morgan fingerprint density at radius 3 is 3.00 bits per heavy atom. The van der Waals surface area contributed by atoms with Gasteiger partial charge in [-0.2, -0.15) is 5.10 Å². The fourth-order valence-electron chi connectivity index (χ4n) is 3.24. The van der Waals surface area contributed by atoms with E-state index in [1.165, 1.54) is 11.3 Å². The number of hydrogen-bond acceptors (Lipinski definition) is 6. The number of anilines is 1. The first-order chi connectivity index (χ1) is 11.5. The Labute approximate surface area is 146 Å². The first kappa shape index (κ1) is 17.0. The lowest BCUT2D eigenvalue weighted by Crippen LogP contribution is -2.47. The summed E-state index contributed by atoms with van der Waals surface area (Å²) in [5.74, 6) is 2.28. The number of piperidine rings is 1. The molecule has 1 aliphatic heterocycles. The van der Waals surface area contributed by atoms with E-state index in [1.54, 1.807) is 6.20 Å². The van der Waals surface area contributed by atoms with Crippen LogP contribution in [0.2, 0.25) is 0 Å². The van der Waals surface area contributed by atoms with Gasteiger partial charge >= 0.3 is 0 Å². The van der Waals surface area contributed by atoms with E-state index >= 15 is 0 Å². The van der Waals surface area contributed by atoms with Crippen LogP contribution in [0.3, 0.4) is 0 Å². The molecule has 0 aliphatic carbocycles. The fraction of sp³-hybridized carbons (Fsp3) is 0.625. The van der Waals surface area contributed by atoms with Crippen molar-refractivity contribution in [1.82, 2.24) is 24.6 Å². The van der Waals surface area contributed by atoms with Crippen molar-refractivity contribution in [2.24, 2.45) is 5.92 Å². The van der Waals surface area contributed by atoms with Crippen molar-refractivity contribution in [1.29, 1.82) is 0 Å². The number of hydrogen-bond donors (Lipinski definition) is 1. The normalized spacial score (nSPS) is 20.0. The molecule has 1 saturated heterocycles. The molecule has 3 heterocycles. The standard InChI is InChI=1S/C16H24N6OS/c1-11(15(23)19-16-17-6-8-24-16)21-7-4-5-14(9-21)10-22-13(3)18-12(2)20-22/h6,8,11,14H,4-5,7,9-10H2,1-3H3,(H,17,19,23)/t11-,14+/m0/s1. The van der Waals surface area contributed by atoms with E-state index in [4.69, 9.17) is 0 Å². The van der Waals surface area contributed by atoms with Gasteiger partial charge in [-0.1, -0.05) is 0 Å². The van der Waals surface area contributed by atoms with Crippen LogP contribution in [-0.4, -0.2) is 49.7 Å². The van der Waals surface area contributed by atoms with Gasteiger partial charge in [0.25, 0.3) is 0 Å². The highest BCUT2D eigenvalue weighted by Crippen LogP contribution is 2.21. The minimum Gasteiger partial charge on any atom is -0.301 e. The predicted octanol–water partition coefficient (Wildman–Crippen LogP) is 2.09. The number of carbonyl (C=O) groups is 1. The molecule has 0 saturated carbocycles. The molecule has 2 aromatic heterocycles. The monoisotopic (exact) mass is 348 g/mol. The Kier molecular flexibility index (Phi) is 5.25. The lowest BCUT2D eigenvalue weighted by atomic mass is 9.96. The van der Waals surface area contributed by atoms with Crippen molar-refractivity contribution in [2.45, 2.75) is 46.2 Å². The number of nitrogens with zero attached hydrogens (tertiary/aromatic N) is 5. The topological polar surface area (TPSA) is 75.9 Å². The van der Waals surface area contributed by atoms with E-state index in [2.05, 4.69) is 25.3 Å². The zero-order valence-corrected chi connectivity index (χ0v) is 15.2. The maximum absolute atomic E-state index is 12.4. The molecule has 24 heavy (non-hydrogen) atoms. The number of amides is 1. The third kappa shape index (κ3) is 3.99. The smallest absolute Gasteiger partial charge is 0.243 e. The summed E-state index contributed by atoms with van der Waals surface area (Å²) in [6.07, 6.45) is 3.96. The quantitative estimate of drug-likeness (QED) is 0.895. The summed E-state index contributed by atoms with van der Waals surface area (Å²) in [6.45, 7) is 8.61. The minimum absolute atomic E-state index is 0.0124. The third-order valence-electron chi connectivity index (χ3n) is 4.53. The predicted molar refractivity (Wildman–Crippen MR) is 94.0 cm³/mol. The molecule has 2 atom stereocenters. The van der Waals surface area contributed by atoms with Gasteiger partial charge in [-0.3, -0.25) is 9.69 Å². The lowest BCUT2D eigenvalue weighted by Gasteiger charge is -2.36. The molecule has 1 amide bonds. The van der Waals surface area contributed by atoms with Crippen LogP contribution in [0.25, 0.3) is 0 Å². The molecule has 1 N–H and O–H groups in total. The van der Waals surface area contributed by atoms with Gasteiger partial charge in [0.2, 0.25) is 5.91 Å². The highest BCUT2D eigenvalue weighted by atomic mass is 32.1. The molecule has 0 radical (unpaired) electrons. The maximum Gasteiger partial charge on any atom is 0.243 e. The zero-order valence-electron chi connectivity index (χ0n) is 14.4. The Hall–Kier alpha value is -1.80. The molecule has 0 bridgehead atoms. The summed E-state index contributed by atoms with van der Waals surface area (Å²) in [7, 11) is 0. The number of rotatable bonds is 5. The van der Waals surface area contributed by atoms with Crippen LogP contribution in [0, 0.1) is 19.8 Å². The summed E-state index contributed by atoms with van der Waals surface area (Å²) < 4.78 is 1.99. The summed E-state index contributed by atoms with van der Waals surface area (Å²) in [5, 5.41) is 9.88. The number of aromatic nitrogens is 4. The second kappa shape index (κ2) is 7.40. The van der Waals surface area contributed by atoms with E-state index in [9.17, 15) is 4.79 Å². The van der Waals surface area contributed by atoms with Gasteiger partial charge in [0.15, 0.2) is 5.13 Å². The Bertz CT molecular complexity index is 683. The second-order valence-electron chi connectivity index (χ2n) is 6.39. The SMILES string of the molecule is Cc1nc(C)n(C[C@@H]2CCCN([C@@H](C)C(=O)Nc3nccs3)C2)n1. The van der Waals surface area contributed by atoms with Gasteiger partial charge in [-0.05, 0) is 46.1 Å². The number of carbonyl (C=O) groups excluding carboxylic acids is 1. The van der Waals surface area contributed by atoms with E-state index in [0.717, 1.165) is 44.1 Å². The highest BCUT2D eigenvalue weighted by Gasteiger charge is 2.28. The number of thiazole rings is 1. The average Bonchev–Trinajstić information content (AvgIpc) is 3.17. The van der Waals surface area contributed by atoms with Crippen molar-refractivity contribution < 1.29 is 4.79 Å². The lowest BCUT2D eigenvalue weighted by molar-refractivity contribution is -0.121. The van der Waals surface area contributed by atoms with E-state index in [0.29, 0.717) is 11.0 Å². The van der Waals surface area contributed by atoms with Crippen LogP contribution in [0.4, 0.5) is 5.13 Å². The van der Waals surface area contributed by atoms with Crippen LogP contribution in [-0.2, 0) is 11.3 Å². The number of aryl methyl sites for hydroxylation is 2. The van der Waals surface area contributed by atoms with Crippen LogP contribution in [0.5, 0.6) is 0 Å². The summed E-state index contributed by atoms with van der Waals surface area (Å²) in [4.78, 5) is 23.2. The first-order valence-corrected chi connectivity index (χ1v) is 9.23. The fourth-order valence-corrected chi connectivity index (χ4v) is 3.77. The van der Waals surface area contributed by atoms with Gasteiger partial charge in [-0.15, -0.1) is 11.3 Å². The van der Waals surface area contributed by atoms with Crippen LogP contribution in [0.1, 0.15) is 31.4 Å². The molecular formula is C16H24N6OS. The van der Waals surface area contributed by atoms with Gasteiger partial charge in [-0.25, -0.2) is 14.6 Å². The van der Waals surface area contributed by atoms with Crippen LogP contribution >= 0.6 is 11.3 Å². The Balaban J connectivity index is 1.58. The van der Waals surface area contributed by atoms with Gasteiger partial charge in [0.05, 0.1) is 6.04 Å². The van der Waals surface area contributed by atoms with E-state index in [1.807, 2.05) is 30.8 Å². The molecule has 3 rings (SSSR count). The molecule has 130 valence electrons. The maximum atomic E-state index is 12.4. The molecule has 2 aromatic rings. The summed E-state index contributed by atoms with van der Waals surface area (Å²) in [6, 6.07) is -0.157. The van der Waals surface area contributed by atoms with E-state index in [-0.39, 0.29) is 11.9 Å². The first-order valence-electron chi connectivity index (χ1n) is 8.35. The van der Waals surface area contributed by atoms with Crippen molar-refractivity contribution in [3.63, 3.8) is 0 Å². The summed E-state index contributed by atoms with van der Waals surface area (Å²) in [5.41, 5.74) is 0. The molecule has 0 unspecified atom stereocenters. The van der Waals surface area contributed by atoms with Crippen molar-refractivity contribution in [3.8, 4) is 0 Å². The Morgan fingerprint density at radius 1 is 1.50 bits per heavy atom. The molecule has 0 aromatic carbocycles. The second-order valence-corrected chi connectivity index (χ2v) is 7.29. The van der Waals surface area contributed by atoms with Crippen LogP contribution in [0.15, 0.2) is 11.6 Å². The van der Waals surface area contributed by atoms with Gasteiger partial charge in [0, 0.05) is 24.7 Å². The molecule has 8 heteroatoms. The average molecular weight is 348 g/mol. The van der Waals surface area contributed by atoms with Crippen molar-refractivity contribution in [3.05, 3.63) is 23.2 Å². The van der Waals surface area contributed by atoms with Gasteiger partial charge in [0.1, 0.15) is 11.6 Å².